The van der Waals surface area contributed by atoms with Crippen molar-refractivity contribution in [1.82, 2.24) is 0 Å². The summed E-state index contributed by atoms with van der Waals surface area (Å²) in [6.07, 6.45) is 0.319. The van der Waals surface area contributed by atoms with Gasteiger partial charge in [-0.25, -0.2) is 0 Å². The number of aliphatic hydroxyl groups excluding tert-OH is 1. The van der Waals surface area contributed by atoms with Crippen LogP contribution in [0.5, 0.6) is 0 Å². The molecular formula is C10H13NO. The smallest absolute Gasteiger partial charge is 0.0773 e. The molecule has 3 N–H and O–H groups in total. The second-order valence-corrected chi connectivity index (χ2v) is 3.50. The fourth-order valence-electron chi connectivity index (χ4n) is 1.80. The normalized spacial score (nSPS) is 27.2. The van der Waals surface area contributed by atoms with E-state index in [0.717, 1.165) is 5.56 Å². The van der Waals surface area contributed by atoms with Gasteiger partial charge in [0.05, 0.1) is 12.1 Å². The molecule has 0 saturated heterocycles. The molecule has 0 heterocycles. The maximum Gasteiger partial charge on any atom is 0.0773 e. The molecule has 2 heteroatoms. The van der Waals surface area contributed by atoms with Crippen LogP contribution < -0.4 is 5.73 Å². The van der Waals surface area contributed by atoms with Crippen LogP contribution in [0.3, 0.4) is 0 Å². The lowest BCUT2D eigenvalue weighted by Crippen LogP contribution is -2.21. The van der Waals surface area contributed by atoms with E-state index in [2.05, 4.69) is 13.0 Å². The van der Waals surface area contributed by atoms with Crippen molar-refractivity contribution in [2.45, 2.75) is 25.5 Å². The Morgan fingerprint density at radius 1 is 1.50 bits per heavy atom. The summed E-state index contributed by atoms with van der Waals surface area (Å²) in [5, 5.41) is 9.48. The molecule has 1 aliphatic carbocycles. The zero-order valence-electron chi connectivity index (χ0n) is 7.12. The minimum Gasteiger partial charge on any atom is -0.391 e. The molecule has 0 saturated carbocycles. The summed E-state index contributed by atoms with van der Waals surface area (Å²) < 4.78 is 0. The Morgan fingerprint density at radius 2 is 2.25 bits per heavy atom. The number of rotatable bonds is 0. The Balaban J connectivity index is 2.47. The van der Waals surface area contributed by atoms with Gasteiger partial charge in [-0.05, 0) is 18.1 Å². The van der Waals surface area contributed by atoms with Crippen molar-refractivity contribution in [3.63, 3.8) is 0 Å². The fraction of sp³-hybridized carbons (Fsp3) is 0.400. The van der Waals surface area contributed by atoms with Crippen LogP contribution in [0.2, 0.25) is 0 Å². The summed E-state index contributed by atoms with van der Waals surface area (Å²) in [5.74, 6) is 0. The first kappa shape index (κ1) is 7.77. The first-order valence-electron chi connectivity index (χ1n) is 4.21. The molecule has 0 fully saturated rings. The Morgan fingerprint density at radius 3 is 3.00 bits per heavy atom. The van der Waals surface area contributed by atoms with Gasteiger partial charge in [0.25, 0.3) is 0 Å². The van der Waals surface area contributed by atoms with Gasteiger partial charge < -0.3 is 10.8 Å². The van der Waals surface area contributed by atoms with Gasteiger partial charge in [-0.15, -0.1) is 0 Å². The Bertz CT molecular complexity index is 309. The molecule has 0 aromatic heterocycles. The van der Waals surface area contributed by atoms with Gasteiger partial charge in [0, 0.05) is 6.42 Å². The van der Waals surface area contributed by atoms with Gasteiger partial charge in [0.15, 0.2) is 0 Å². The topological polar surface area (TPSA) is 46.2 Å². The number of aryl methyl sites for hydroxylation is 1. The number of fused-ring (bicyclic) bond motifs is 1. The molecule has 2 rings (SSSR count). The Labute approximate surface area is 72.0 Å². The largest absolute Gasteiger partial charge is 0.391 e. The molecule has 12 heavy (non-hydrogen) atoms. The highest BCUT2D eigenvalue weighted by Crippen LogP contribution is 2.29. The molecular weight excluding hydrogens is 150 g/mol. The van der Waals surface area contributed by atoms with Crippen molar-refractivity contribution in [2.75, 3.05) is 0 Å². The van der Waals surface area contributed by atoms with Crippen molar-refractivity contribution in [2.24, 2.45) is 5.73 Å². The SMILES string of the molecule is Cc1ccc2c(c1)C[C@H](O)[C@@H]2N. The maximum absolute atomic E-state index is 9.48. The van der Waals surface area contributed by atoms with Crippen LogP contribution in [-0.4, -0.2) is 11.2 Å². The van der Waals surface area contributed by atoms with Crippen molar-refractivity contribution in [3.05, 3.63) is 34.9 Å². The monoisotopic (exact) mass is 163 g/mol. The van der Waals surface area contributed by atoms with Crippen molar-refractivity contribution in [1.29, 1.82) is 0 Å². The van der Waals surface area contributed by atoms with Gasteiger partial charge in [0.1, 0.15) is 0 Å². The molecule has 0 spiro atoms. The quantitative estimate of drug-likeness (QED) is 0.597. The fourth-order valence-corrected chi connectivity index (χ4v) is 1.80. The van der Waals surface area contributed by atoms with E-state index in [4.69, 9.17) is 5.73 Å². The van der Waals surface area contributed by atoms with E-state index in [0.29, 0.717) is 6.42 Å². The van der Waals surface area contributed by atoms with E-state index in [9.17, 15) is 5.11 Å². The van der Waals surface area contributed by atoms with Crippen molar-refractivity contribution >= 4 is 0 Å². The third-order valence-corrected chi connectivity index (χ3v) is 2.50. The molecule has 2 atom stereocenters. The predicted octanol–water partition coefficient (Wildman–Crippen LogP) is 0.912. The van der Waals surface area contributed by atoms with Crippen molar-refractivity contribution in [3.8, 4) is 0 Å². The average molecular weight is 163 g/mol. The summed E-state index contributed by atoms with van der Waals surface area (Å²) in [4.78, 5) is 0. The second kappa shape index (κ2) is 2.57. The highest BCUT2D eigenvalue weighted by Gasteiger charge is 2.27. The molecule has 1 aromatic carbocycles. The zero-order chi connectivity index (χ0) is 8.72. The average Bonchev–Trinajstić information content (AvgIpc) is 2.28. The third kappa shape index (κ3) is 1.04. The number of aliphatic hydroxyl groups is 1. The van der Waals surface area contributed by atoms with E-state index >= 15 is 0 Å². The third-order valence-electron chi connectivity index (χ3n) is 2.50. The standard InChI is InChI=1S/C10H13NO/c1-6-2-3-8-7(4-6)5-9(12)10(8)11/h2-4,9-10,12H,5,11H2,1H3/t9-,10+/m0/s1. The van der Waals surface area contributed by atoms with Crippen LogP contribution in [0.25, 0.3) is 0 Å². The molecule has 0 bridgehead atoms. The highest BCUT2D eigenvalue weighted by atomic mass is 16.3. The van der Waals surface area contributed by atoms with Crippen LogP contribution in [0.1, 0.15) is 22.7 Å². The van der Waals surface area contributed by atoms with Gasteiger partial charge in [-0.1, -0.05) is 23.8 Å². The molecule has 0 amide bonds. The molecule has 0 aliphatic heterocycles. The van der Waals surface area contributed by atoms with Crippen molar-refractivity contribution < 1.29 is 5.11 Å². The Kier molecular flexibility index (Phi) is 1.67. The molecule has 1 aliphatic rings. The zero-order valence-corrected chi connectivity index (χ0v) is 7.12. The van der Waals surface area contributed by atoms with Crippen LogP contribution in [-0.2, 0) is 6.42 Å². The predicted molar refractivity (Wildman–Crippen MR) is 47.8 cm³/mol. The van der Waals surface area contributed by atoms with Crippen LogP contribution in [0.4, 0.5) is 0 Å². The van der Waals surface area contributed by atoms with Gasteiger partial charge in [-0.3, -0.25) is 0 Å². The molecule has 0 unspecified atom stereocenters. The number of benzene rings is 1. The number of hydrogen-bond acceptors (Lipinski definition) is 2. The lowest BCUT2D eigenvalue weighted by molar-refractivity contribution is 0.158. The summed E-state index contributed by atoms with van der Waals surface area (Å²) in [7, 11) is 0. The highest BCUT2D eigenvalue weighted by molar-refractivity contribution is 5.38. The summed E-state index contributed by atoms with van der Waals surface area (Å²) in [6.45, 7) is 2.05. The minimum atomic E-state index is -0.387. The van der Waals surface area contributed by atoms with Crippen LogP contribution in [0.15, 0.2) is 18.2 Å². The lowest BCUT2D eigenvalue weighted by atomic mass is 10.1. The van der Waals surface area contributed by atoms with Gasteiger partial charge >= 0.3 is 0 Å². The van der Waals surface area contributed by atoms with E-state index in [-0.39, 0.29) is 12.1 Å². The first-order chi connectivity index (χ1) is 5.68. The van der Waals surface area contributed by atoms with Crippen LogP contribution >= 0.6 is 0 Å². The first-order valence-corrected chi connectivity index (χ1v) is 4.21. The molecule has 0 radical (unpaired) electrons. The summed E-state index contributed by atoms with van der Waals surface area (Å²) in [6, 6.07) is 5.98. The van der Waals surface area contributed by atoms with E-state index in [1.54, 1.807) is 0 Å². The number of hydrogen-bond donors (Lipinski definition) is 2. The van der Waals surface area contributed by atoms with E-state index in [1.165, 1.54) is 11.1 Å². The van der Waals surface area contributed by atoms with E-state index in [1.807, 2.05) is 12.1 Å². The molecule has 2 nitrogen and oxygen atoms in total. The Hall–Kier alpha value is -0.860. The molecule has 1 aromatic rings. The molecule has 64 valence electrons. The summed E-state index contributed by atoms with van der Waals surface area (Å²) >= 11 is 0. The van der Waals surface area contributed by atoms with E-state index < -0.39 is 0 Å². The summed E-state index contributed by atoms with van der Waals surface area (Å²) in [5.41, 5.74) is 9.33. The number of nitrogens with two attached hydrogens (primary N) is 1. The second-order valence-electron chi connectivity index (χ2n) is 3.50. The maximum atomic E-state index is 9.48. The van der Waals surface area contributed by atoms with Gasteiger partial charge in [0.2, 0.25) is 0 Å². The van der Waals surface area contributed by atoms with Crippen LogP contribution in [0, 0.1) is 6.92 Å². The van der Waals surface area contributed by atoms with Gasteiger partial charge in [-0.2, -0.15) is 0 Å². The minimum absolute atomic E-state index is 0.180. The lowest BCUT2D eigenvalue weighted by Gasteiger charge is -2.08.